The average molecular weight is 510 g/mol. The van der Waals surface area contributed by atoms with Gasteiger partial charge in [0.05, 0.1) is 5.56 Å². The molecule has 0 aliphatic heterocycles. The largest absolute Gasteiger partial charge is 0.416 e. The molecule has 0 aromatic heterocycles. The highest BCUT2D eigenvalue weighted by atomic mass is 31.2. The molecule has 182 valence electrons. The van der Waals surface area contributed by atoms with Crippen LogP contribution in [0.25, 0.3) is 32.3 Å². The van der Waals surface area contributed by atoms with Crippen LogP contribution in [-0.2, 0) is 10.7 Å². The Labute approximate surface area is 212 Å². The number of benzene rings is 6. The van der Waals surface area contributed by atoms with Gasteiger partial charge in [-0.15, -0.1) is 0 Å². The zero-order valence-electron chi connectivity index (χ0n) is 20.0. The summed E-state index contributed by atoms with van der Waals surface area (Å²) in [5, 5.41) is 7.40. The van der Waals surface area contributed by atoms with Crippen molar-refractivity contribution in [3.8, 4) is 0 Å². The lowest BCUT2D eigenvalue weighted by Gasteiger charge is -2.23. The van der Waals surface area contributed by atoms with Crippen molar-refractivity contribution in [1.29, 1.82) is 0 Å². The molecule has 0 spiro atoms. The van der Waals surface area contributed by atoms with Crippen molar-refractivity contribution >= 4 is 55.4 Å². The molecule has 37 heavy (non-hydrogen) atoms. The zero-order valence-corrected chi connectivity index (χ0v) is 20.9. The Morgan fingerprint density at radius 1 is 0.514 bits per heavy atom. The van der Waals surface area contributed by atoms with Gasteiger partial charge in [-0.2, -0.15) is 13.2 Å². The van der Waals surface area contributed by atoms with Crippen molar-refractivity contribution in [1.82, 2.24) is 0 Å². The van der Waals surface area contributed by atoms with E-state index in [-0.39, 0.29) is 5.30 Å². The summed E-state index contributed by atoms with van der Waals surface area (Å²) in [5.41, 5.74) is -0.380. The lowest BCUT2D eigenvalue weighted by Crippen LogP contribution is -2.26. The number of fused-ring (bicyclic) bond motifs is 6. The fourth-order valence-corrected chi connectivity index (χ4v) is 8.07. The van der Waals surface area contributed by atoms with Crippen LogP contribution in [0, 0.1) is 6.92 Å². The van der Waals surface area contributed by atoms with E-state index in [1.165, 1.54) is 0 Å². The summed E-state index contributed by atoms with van der Waals surface area (Å²) < 4.78 is 56.5. The molecule has 0 radical (unpaired) electrons. The van der Waals surface area contributed by atoms with Crippen LogP contribution in [0.3, 0.4) is 0 Å². The highest BCUT2D eigenvalue weighted by molar-refractivity contribution is 7.85. The summed E-state index contributed by atoms with van der Waals surface area (Å²) >= 11 is 0. The van der Waals surface area contributed by atoms with Gasteiger partial charge >= 0.3 is 6.18 Å². The van der Waals surface area contributed by atoms with Crippen molar-refractivity contribution in [3.63, 3.8) is 0 Å². The number of hydrogen-bond donors (Lipinski definition) is 0. The summed E-state index contributed by atoms with van der Waals surface area (Å²) in [6.07, 6.45) is -4.54. The predicted molar refractivity (Wildman–Crippen MR) is 148 cm³/mol. The molecule has 0 amide bonds. The predicted octanol–water partition coefficient (Wildman–Crippen LogP) is 8.11. The van der Waals surface area contributed by atoms with Crippen molar-refractivity contribution in [2.75, 3.05) is 0 Å². The third-order valence-corrected chi connectivity index (χ3v) is 9.98. The summed E-state index contributed by atoms with van der Waals surface area (Å²) in [7, 11) is -3.64. The zero-order chi connectivity index (χ0) is 25.8. The minimum atomic E-state index is -4.54. The number of aryl methyl sites for hydroxylation is 1. The molecule has 0 N–H and O–H groups in total. The molecule has 6 aromatic rings. The minimum absolute atomic E-state index is 0.176. The fourth-order valence-electron chi connectivity index (χ4n) is 5.28. The van der Waals surface area contributed by atoms with Gasteiger partial charge in [0.25, 0.3) is 0 Å². The topological polar surface area (TPSA) is 17.1 Å². The molecule has 0 bridgehead atoms. The van der Waals surface area contributed by atoms with E-state index in [1.807, 2.05) is 54.6 Å². The Kier molecular flexibility index (Phi) is 5.47. The highest BCUT2D eigenvalue weighted by Gasteiger charge is 2.35. The lowest BCUT2D eigenvalue weighted by molar-refractivity contribution is -0.137. The molecule has 0 aliphatic carbocycles. The highest BCUT2D eigenvalue weighted by Crippen LogP contribution is 2.45. The quantitative estimate of drug-likeness (QED) is 0.174. The first-order valence-electron chi connectivity index (χ1n) is 12.0. The first-order valence-corrected chi connectivity index (χ1v) is 13.7. The van der Waals surface area contributed by atoms with E-state index >= 15 is 4.57 Å². The molecule has 0 saturated carbocycles. The summed E-state index contributed by atoms with van der Waals surface area (Å²) in [6, 6.07) is 34.5. The minimum Gasteiger partial charge on any atom is -0.309 e. The maximum absolute atomic E-state index is 15.1. The van der Waals surface area contributed by atoms with E-state index in [2.05, 4.69) is 18.2 Å². The third-order valence-electron chi connectivity index (χ3n) is 6.96. The van der Waals surface area contributed by atoms with Crippen molar-refractivity contribution in [2.45, 2.75) is 13.1 Å². The number of alkyl halides is 3. The molecule has 6 rings (SSSR count). The van der Waals surface area contributed by atoms with Gasteiger partial charge in [-0.25, -0.2) is 0 Å². The van der Waals surface area contributed by atoms with Gasteiger partial charge in [0.1, 0.15) is 0 Å². The summed E-state index contributed by atoms with van der Waals surface area (Å²) in [4.78, 5) is 0. The Morgan fingerprint density at radius 3 is 1.59 bits per heavy atom. The second-order valence-electron chi connectivity index (χ2n) is 9.32. The van der Waals surface area contributed by atoms with Crippen molar-refractivity contribution in [2.24, 2.45) is 0 Å². The SMILES string of the molecule is Cc1cc(C(F)(F)F)cc(P(=O)(c2ccccc2)c2ccc3c4ccccc4c4ccccc4c3c2)c1. The molecule has 5 heteroatoms. The monoisotopic (exact) mass is 510 g/mol. The summed E-state index contributed by atoms with van der Waals surface area (Å²) in [5.74, 6) is 0. The van der Waals surface area contributed by atoms with Crippen LogP contribution in [0.4, 0.5) is 13.2 Å². The first kappa shape index (κ1) is 23.5. The van der Waals surface area contributed by atoms with Gasteiger partial charge in [0.15, 0.2) is 7.14 Å². The normalized spacial score (nSPS) is 13.7. The van der Waals surface area contributed by atoms with Gasteiger partial charge < -0.3 is 4.57 Å². The summed E-state index contributed by atoms with van der Waals surface area (Å²) in [6.45, 7) is 1.61. The molecule has 0 aliphatic rings. The molecule has 6 aromatic carbocycles. The second kappa shape index (κ2) is 8.61. The molecule has 0 saturated heterocycles. The van der Waals surface area contributed by atoms with Crippen LogP contribution in [0.1, 0.15) is 11.1 Å². The van der Waals surface area contributed by atoms with E-state index in [0.717, 1.165) is 44.5 Å². The van der Waals surface area contributed by atoms with Gasteiger partial charge in [0.2, 0.25) is 0 Å². The molecule has 0 fully saturated rings. The van der Waals surface area contributed by atoms with Crippen LogP contribution >= 0.6 is 7.14 Å². The van der Waals surface area contributed by atoms with Gasteiger partial charge in [-0.1, -0.05) is 91.0 Å². The molecule has 1 nitrogen and oxygen atoms in total. The van der Waals surface area contributed by atoms with Crippen LogP contribution in [-0.4, -0.2) is 0 Å². The fraction of sp³-hybridized carbons (Fsp3) is 0.0625. The molecular weight excluding hydrogens is 488 g/mol. The molecule has 1 unspecified atom stereocenters. The Morgan fingerprint density at radius 2 is 1.03 bits per heavy atom. The van der Waals surface area contributed by atoms with Crippen LogP contribution in [0.15, 0.2) is 115 Å². The number of rotatable bonds is 3. The van der Waals surface area contributed by atoms with Crippen molar-refractivity contribution < 1.29 is 17.7 Å². The van der Waals surface area contributed by atoms with Gasteiger partial charge in [0, 0.05) is 15.9 Å². The van der Waals surface area contributed by atoms with Crippen LogP contribution in [0.5, 0.6) is 0 Å². The first-order chi connectivity index (χ1) is 17.8. The maximum Gasteiger partial charge on any atom is 0.416 e. The van der Waals surface area contributed by atoms with E-state index in [0.29, 0.717) is 16.2 Å². The van der Waals surface area contributed by atoms with Gasteiger partial charge in [-0.3, -0.25) is 0 Å². The Balaban J connectivity index is 1.71. The smallest absolute Gasteiger partial charge is 0.309 e. The Bertz CT molecular complexity index is 1820. The van der Waals surface area contributed by atoms with E-state index in [9.17, 15) is 13.2 Å². The lowest BCUT2D eigenvalue weighted by atomic mass is 9.94. The van der Waals surface area contributed by atoms with Gasteiger partial charge in [-0.05, 0) is 69.1 Å². The maximum atomic E-state index is 15.1. The van der Waals surface area contributed by atoms with Crippen molar-refractivity contribution in [3.05, 3.63) is 126 Å². The second-order valence-corrected chi connectivity index (χ2v) is 12.1. The number of hydrogen-bond acceptors (Lipinski definition) is 1. The van der Waals surface area contributed by atoms with Crippen LogP contribution < -0.4 is 15.9 Å². The Hall–Kier alpha value is -3.88. The number of halogens is 3. The van der Waals surface area contributed by atoms with E-state index in [4.69, 9.17) is 0 Å². The van der Waals surface area contributed by atoms with E-state index < -0.39 is 18.9 Å². The standard InChI is InChI=1S/C32H22F3OP/c1-21-17-22(32(33,34)35)19-25(18-21)37(36,23-9-3-2-4-10-23)24-15-16-30-28-13-6-5-11-26(28)27-12-7-8-14-29(27)31(30)20-24/h2-20H,1H3. The third kappa shape index (κ3) is 3.84. The average Bonchev–Trinajstić information content (AvgIpc) is 2.92. The molecular formula is C32H22F3OP. The molecule has 0 heterocycles. The molecule has 1 atom stereocenters. The van der Waals surface area contributed by atoms with E-state index in [1.54, 1.807) is 37.3 Å². The van der Waals surface area contributed by atoms with Crippen LogP contribution in [0.2, 0.25) is 0 Å².